The number of nitrogens with one attached hydrogen (secondary N) is 1. The van der Waals surface area contributed by atoms with Crippen LogP contribution in [-0.4, -0.2) is 30.5 Å². The second kappa shape index (κ2) is 8.70. The predicted molar refractivity (Wildman–Crippen MR) is 106 cm³/mol. The van der Waals surface area contributed by atoms with E-state index in [4.69, 9.17) is 0 Å². The number of halogens is 3. The van der Waals surface area contributed by atoms with E-state index in [1.165, 1.54) is 42.7 Å². The molecule has 0 aliphatic heterocycles. The minimum atomic E-state index is -4.75. The molecule has 6 nitrogen and oxygen atoms in total. The monoisotopic (exact) mass is 437 g/mol. The summed E-state index contributed by atoms with van der Waals surface area (Å²) in [4.78, 5) is 8.53. The molecule has 158 valence electrons. The molecule has 3 aromatic rings. The zero-order valence-corrected chi connectivity index (χ0v) is 16.7. The number of hydrogen-bond acceptors (Lipinski definition) is 6. The van der Waals surface area contributed by atoms with E-state index in [1.54, 1.807) is 25.1 Å². The van der Waals surface area contributed by atoms with Crippen molar-refractivity contribution < 1.29 is 26.3 Å². The minimum Gasteiger partial charge on any atom is -0.406 e. The Kier molecular flexibility index (Phi) is 6.25. The summed E-state index contributed by atoms with van der Waals surface area (Å²) in [6.45, 7) is 1.80. The lowest BCUT2D eigenvalue weighted by Gasteiger charge is -2.10. The van der Waals surface area contributed by atoms with Gasteiger partial charge in [0.2, 0.25) is 0 Å². The lowest BCUT2D eigenvalue weighted by atomic mass is 10.1. The van der Waals surface area contributed by atoms with Crippen molar-refractivity contribution in [1.29, 1.82) is 0 Å². The molecule has 1 aromatic heterocycles. The van der Waals surface area contributed by atoms with Gasteiger partial charge in [-0.05, 0) is 42.8 Å². The van der Waals surface area contributed by atoms with Gasteiger partial charge in [0.1, 0.15) is 17.9 Å². The first-order valence-electron chi connectivity index (χ1n) is 8.94. The number of hydrogen-bond donors (Lipinski definition) is 1. The zero-order chi connectivity index (χ0) is 21.8. The van der Waals surface area contributed by atoms with E-state index in [-0.39, 0.29) is 16.4 Å². The second-order valence-corrected chi connectivity index (χ2v) is 8.44. The Hall–Kier alpha value is -3.14. The highest BCUT2D eigenvalue weighted by molar-refractivity contribution is 7.91. The molecule has 0 aliphatic rings. The molecule has 0 bridgehead atoms. The van der Waals surface area contributed by atoms with Crippen LogP contribution in [0.15, 0.2) is 65.8 Å². The number of aromatic nitrogens is 2. The van der Waals surface area contributed by atoms with E-state index in [2.05, 4.69) is 20.0 Å². The Balaban J connectivity index is 1.75. The number of rotatable bonds is 7. The van der Waals surface area contributed by atoms with Crippen LogP contribution in [0.2, 0.25) is 0 Å². The largest absolute Gasteiger partial charge is 0.573 e. The van der Waals surface area contributed by atoms with Gasteiger partial charge >= 0.3 is 6.36 Å². The first-order valence-corrected chi connectivity index (χ1v) is 10.6. The summed E-state index contributed by atoms with van der Waals surface area (Å²) >= 11 is 0. The first kappa shape index (κ1) is 21.6. The highest BCUT2D eigenvalue weighted by Gasteiger charge is 2.30. The molecule has 1 N–H and O–H groups in total. The van der Waals surface area contributed by atoms with E-state index in [0.717, 1.165) is 0 Å². The summed E-state index contributed by atoms with van der Waals surface area (Å²) < 4.78 is 64.8. The third-order valence-corrected chi connectivity index (χ3v) is 5.95. The molecule has 0 atom stereocenters. The van der Waals surface area contributed by atoms with Gasteiger partial charge in [-0.1, -0.05) is 19.1 Å². The van der Waals surface area contributed by atoms with Crippen LogP contribution < -0.4 is 10.1 Å². The third kappa shape index (κ3) is 5.69. The van der Waals surface area contributed by atoms with Crippen molar-refractivity contribution >= 4 is 21.3 Å². The van der Waals surface area contributed by atoms with E-state index < -0.39 is 16.2 Å². The van der Waals surface area contributed by atoms with Gasteiger partial charge in [-0.2, -0.15) is 0 Å². The van der Waals surface area contributed by atoms with E-state index in [9.17, 15) is 21.6 Å². The average molecular weight is 437 g/mol. The molecule has 0 unspecified atom stereocenters. The molecule has 0 spiro atoms. The Labute approximate surface area is 171 Å². The van der Waals surface area contributed by atoms with Gasteiger partial charge in [0.05, 0.1) is 16.3 Å². The maximum absolute atomic E-state index is 12.2. The highest BCUT2D eigenvalue weighted by Crippen LogP contribution is 2.26. The maximum Gasteiger partial charge on any atom is 0.573 e. The first-order chi connectivity index (χ1) is 14.2. The second-order valence-electron chi connectivity index (χ2n) is 6.33. The van der Waals surface area contributed by atoms with Crippen molar-refractivity contribution in [1.82, 2.24) is 9.97 Å². The van der Waals surface area contributed by atoms with Crippen LogP contribution >= 0.6 is 0 Å². The van der Waals surface area contributed by atoms with Crippen LogP contribution in [0, 0.1) is 0 Å². The van der Waals surface area contributed by atoms with Crippen LogP contribution in [0.25, 0.3) is 11.3 Å². The number of benzene rings is 2. The van der Waals surface area contributed by atoms with Crippen LogP contribution in [0.5, 0.6) is 5.75 Å². The molecule has 0 saturated carbocycles. The molecular weight excluding hydrogens is 419 g/mol. The quantitative estimate of drug-likeness (QED) is 0.562. The summed E-state index contributed by atoms with van der Waals surface area (Å²) in [6.07, 6.45) is -2.88. The van der Waals surface area contributed by atoms with Crippen molar-refractivity contribution in [3.05, 3.63) is 60.9 Å². The molecule has 0 aliphatic carbocycles. The van der Waals surface area contributed by atoms with Gasteiger partial charge in [-0.15, -0.1) is 13.2 Å². The average Bonchev–Trinajstić information content (AvgIpc) is 2.69. The number of sulfone groups is 1. The van der Waals surface area contributed by atoms with Gasteiger partial charge in [-0.3, -0.25) is 0 Å². The zero-order valence-electron chi connectivity index (χ0n) is 15.8. The Bertz CT molecular complexity index is 1100. The predicted octanol–water partition coefficient (Wildman–Crippen LogP) is 4.97. The lowest BCUT2D eigenvalue weighted by molar-refractivity contribution is -0.274. The van der Waals surface area contributed by atoms with Crippen LogP contribution in [-0.2, 0) is 9.84 Å². The van der Waals surface area contributed by atoms with Gasteiger partial charge in [0, 0.05) is 17.3 Å². The standard InChI is InChI=1S/C20H18F3N3O3S/c1-2-11-30(27,28)17-9-3-14(4-10-17)18-12-19(25-13-24-18)26-15-5-7-16(8-6-15)29-20(21,22)23/h3-10,12-13H,2,11H2,1H3,(H,24,25,26). The van der Waals surface area contributed by atoms with E-state index in [0.29, 0.717) is 29.2 Å². The highest BCUT2D eigenvalue weighted by atomic mass is 32.2. The molecule has 0 fully saturated rings. The number of ether oxygens (including phenoxy) is 1. The van der Waals surface area contributed by atoms with Crippen molar-refractivity contribution in [2.24, 2.45) is 0 Å². The van der Waals surface area contributed by atoms with E-state index >= 15 is 0 Å². The van der Waals surface area contributed by atoms with Crippen LogP contribution in [0.1, 0.15) is 13.3 Å². The van der Waals surface area contributed by atoms with Crippen molar-refractivity contribution in [3.63, 3.8) is 0 Å². The van der Waals surface area contributed by atoms with Crippen molar-refractivity contribution in [2.45, 2.75) is 24.6 Å². The molecule has 10 heteroatoms. The van der Waals surface area contributed by atoms with Gasteiger partial charge in [0.15, 0.2) is 9.84 Å². The van der Waals surface area contributed by atoms with E-state index in [1.807, 2.05) is 0 Å². The SMILES string of the molecule is CCCS(=O)(=O)c1ccc(-c2cc(Nc3ccc(OC(F)(F)F)cc3)ncn2)cc1. The lowest BCUT2D eigenvalue weighted by Crippen LogP contribution is -2.16. The normalized spacial score (nSPS) is 11.9. The summed E-state index contributed by atoms with van der Waals surface area (Å²) in [5.41, 5.74) is 1.77. The summed E-state index contributed by atoms with van der Waals surface area (Å²) in [5, 5.41) is 2.97. The molecule has 0 saturated heterocycles. The number of alkyl halides is 3. The molecular formula is C20H18F3N3O3S. The summed E-state index contributed by atoms with van der Waals surface area (Å²) in [6, 6.07) is 13.3. The van der Waals surface area contributed by atoms with Gasteiger partial charge in [-0.25, -0.2) is 18.4 Å². The fourth-order valence-corrected chi connectivity index (χ4v) is 4.01. The number of anilines is 2. The molecule has 1 heterocycles. The van der Waals surface area contributed by atoms with Crippen molar-refractivity contribution in [3.8, 4) is 17.0 Å². The molecule has 0 amide bonds. The molecule has 0 radical (unpaired) electrons. The smallest absolute Gasteiger partial charge is 0.406 e. The summed E-state index contributed by atoms with van der Waals surface area (Å²) in [7, 11) is -3.30. The van der Waals surface area contributed by atoms with Crippen LogP contribution in [0.4, 0.5) is 24.7 Å². The molecule has 2 aromatic carbocycles. The summed E-state index contributed by atoms with van der Waals surface area (Å²) in [5.74, 6) is 0.183. The minimum absolute atomic E-state index is 0.0840. The molecule has 3 rings (SSSR count). The fourth-order valence-electron chi connectivity index (χ4n) is 2.69. The van der Waals surface area contributed by atoms with Crippen LogP contribution in [0.3, 0.4) is 0 Å². The fraction of sp³-hybridized carbons (Fsp3) is 0.200. The Morgan fingerprint density at radius 2 is 1.67 bits per heavy atom. The van der Waals surface area contributed by atoms with Gasteiger partial charge < -0.3 is 10.1 Å². The Morgan fingerprint density at radius 3 is 2.27 bits per heavy atom. The topological polar surface area (TPSA) is 81.2 Å². The third-order valence-electron chi connectivity index (χ3n) is 4.01. The van der Waals surface area contributed by atoms with Gasteiger partial charge in [0.25, 0.3) is 0 Å². The number of nitrogens with zero attached hydrogens (tertiary/aromatic N) is 2. The Morgan fingerprint density at radius 1 is 1.00 bits per heavy atom. The maximum atomic E-state index is 12.2. The van der Waals surface area contributed by atoms with Crippen molar-refractivity contribution in [2.75, 3.05) is 11.1 Å². The molecule has 30 heavy (non-hydrogen) atoms.